The predicted octanol–water partition coefficient (Wildman–Crippen LogP) is 3.14. The van der Waals surface area contributed by atoms with E-state index >= 15 is 0 Å². The second-order valence-electron chi connectivity index (χ2n) is 7.24. The number of hydrogen-bond acceptors (Lipinski definition) is 5. The largest absolute Gasteiger partial charge is 0.343 e. The molecule has 28 heavy (non-hydrogen) atoms. The van der Waals surface area contributed by atoms with E-state index in [0.717, 1.165) is 38.8 Å². The van der Waals surface area contributed by atoms with Gasteiger partial charge in [0.25, 0.3) is 0 Å². The molecule has 0 spiro atoms. The lowest BCUT2D eigenvalue weighted by atomic mass is 9.96. The number of hydrogen-bond donors (Lipinski definition) is 1. The fourth-order valence-corrected chi connectivity index (χ4v) is 4.05. The maximum Gasteiger partial charge on any atom is 0.231 e. The van der Waals surface area contributed by atoms with Crippen LogP contribution in [-0.4, -0.2) is 58.7 Å². The van der Waals surface area contributed by atoms with Crippen LogP contribution in [0.3, 0.4) is 0 Å². The van der Waals surface area contributed by atoms with Gasteiger partial charge in [0.05, 0.1) is 5.92 Å². The lowest BCUT2D eigenvalue weighted by Gasteiger charge is -2.32. The second-order valence-corrected chi connectivity index (χ2v) is 8.13. The summed E-state index contributed by atoms with van der Waals surface area (Å²) in [5.74, 6) is -0.0989. The Morgan fingerprint density at radius 2 is 2.00 bits per heavy atom. The van der Waals surface area contributed by atoms with Gasteiger partial charge < -0.3 is 15.1 Å². The van der Waals surface area contributed by atoms with E-state index in [-0.39, 0.29) is 23.6 Å². The summed E-state index contributed by atoms with van der Waals surface area (Å²) in [7, 11) is 0. The van der Waals surface area contributed by atoms with Crippen molar-refractivity contribution in [1.82, 2.24) is 14.8 Å². The minimum absolute atomic E-state index is 0.0390. The standard InChI is InChI=1S/C20H32N4O3S/c1-3-11-23(12-4-2)17(25)8-5-9-18(26)24-13-6-7-16(15-24)19(27)22-20-21-10-14-28-20/h10,14,16H,3-9,11-13,15H2,1-2H3,(H,21,22,27). The summed E-state index contributed by atoms with van der Waals surface area (Å²) in [5, 5.41) is 5.23. The molecule has 0 radical (unpaired) electrons. The van der Waals surface area contributed by atoms with Gasteiger partial charge in [-0.25, -0.2) is 4.98 Å². The number of anilines is 1. The SMILES string of the molecule is CCCN(CCC)C(=O)CCCC(=O)N1CCCC(C(=O)Nc2nccs2)C1. The number of piperidine rings is 1. The molecule has 2 rings (SSSR count). The molecule has 0 aromatic carbocycles. The van der Waals surface area contributed by atoms with Crippen LogP contribution in [0.4, 0.5) is 5.13 Å². The minimum atomic E-state index is -0.201. The summed E-state index contributed by atoms with van der Waals surface area (Å²) in [5.41, 5.74) is 0. The van der Waals surface area contributed by atoms with Crippen LogP contribution in [0.15, 0.2) is 11.6 Å². The zero-order chi connectivity index (χ0) is 20.4. The number of thiazole rings is 1. The molecule has 3 amide bonds. The molecule has 156 valence electrons. The molecule has 0 aliphatic carbocycles. The highest BCUT2D eigenvalue weighted by atomic mass is 32.1. The molecule has 8 heteroatoms. The van der Waals surface area contributed by atoms with Crippen molar-refractivity contribution in [3.05, 3.63) is 11.6 Å². The third-order valence-corrected chi connectivity index (χ3v) is 5.62. The van der Waals surface area contributed by atoms with Crippen LogP contribution in [0.1, 0.15) is 58.8 Å². The van der Waals surface area contributed by atoms with E-state index in [0.29, 0.717) is 37.5 Å². The van der Waals surface area contributed by atoms with Gasteiger partial charge >= 0.3 is 0 Å². The van der Waals surface area contributed by atoms with Crippen LogP contribution in [0.25, 0.3) is 0 Å². The van der Waals surface area contributed by atoms with Crippen molar-refractivity contribution in [1.29, 1.82) is 0 Å². The average Bonchev–Trinajstić information content (AvgIpc) is 3.20. The molecular weight excluding hydrogens is 376 g/mol. The molecule has 7 nitrogen and oxygen atoms in total. The maximum absolute atomic E-state index is 12.5. The fraction of sp³-hybridized carbons (Fsp3) is 0.700. The number of amides is 3. The van der Waals surface area contributed by atoms with Crippen LogP contribution in [-0.2, 0) is 14.4 Å². The zero-order valence-corrected chi connectivity index (χ0v) is 17.8. The van der Waals surface area contributed by atoms with Crippen LogP contribution in [0, 0.1) is 5.92 Å². The Kier molecular flexibility index (Phi) is 9.40. The summed E-state index contributed by atoms with van der Waals surface area (Å²) in [4.78, 5) is 45.0. The van der Waals surface area contributed by atoms with Gasteiger partial charge in [-0.05, 0) is 32.1 Å². The van der Waals surface area contributed by atoms with E-state index in [1.165, 1.54) is 11.3 Å². The Bertz CT molecular complexity index is 629. The smallest absolute Gasteiger partial charge is 0.231 e. The average molecular weight is 409 g/mol. The Morgan fingerprint density at radius 3 is 2.64 bits per heavy atom. The van der Waals surface area contributed by atoms with Crippen molar-refractivity contribution < 1.29 is 14.4 Å². The number of nitrogens with one attached hydrogen (secondary N) is 1. The Morgan fingerprint density at radius 1 is 1.25 bits per heavy atom. The molecule has 1 atom stereocenters. The van der Waals surface area contributed by atoms with E-state index in [1.54, 1.807) is 11.1 Å². The third kappa shape index (κ3) is 6.89. The van der Waals surface area contributed by atoms with Crippen LogP contribution < -0.4 is 5.32 Å². The quantitative estimate of drug-likeness (QED) is 0.645. The number of likely N-dealkylation sites (tertiary alicyclic amines) is 1. The van der Waals surface area contributed by atoms with Crippen LogP contribution in [0.5, 0.6) is 0 Å². The van der Waals surface area contributed by atoms with Crippen molar-refractivity contribution in [2.45, 2.75) is 58.8 Å². The fourth-order valence-electron chi connectivity index (χ4n) is 3.52. The molecule has 1 aliphatic rings. The van der Waals surface area contributed by atoms with Crippen molar-refractivity contribution in [2.75, 3.05) is 31.5 Å². The van der Waals surface area contributed by atoms with Gasteiger partial charge in [-0.2, -0.15) is 0 Å². The van der Waals surface area contributed by atoms with E-state index in [1.807, 2.05) is 10.3 Å². The molecule has 1 aromatic heterocycles. The monoisotopic (exact) mass is 408 g/mol. The van der Waals surface area contributed by atoms with Gasteiger partial charge in [-0.1, -0.05) is 13.8 Å². The number of carbonyl (C=O) groups is 3. The van der Waals surface area contributed by atoms with Gasteiger partial charge in [0.1, 0.15) is 0 Å². The highest BCUT2D eigenvalue weighted by Gasteiger charge is 2.28. The Hall–Kier alpha value is -1.96. The first-order chi connectivity index (χ1) is 13.5. The predicted molar refractivity (Wildman–Crippen MR) is 111 cm³/mol. The van der Waals surface area contributed by atoms with Crippen LogP contribution >= 0.6 is 11.3 Å². The van der Waals surface area contributed by atoms with Crippen molar-refractivity contribution in [3.63, 3.8) is 0 Å². The first kappa shape index (κ1) is 22.3. The van der Waals surface area contributed by atoms with Gasteiger partial charge in [0, 0.05) is 50.6 Å². The summed E-state index contributed by atoms with van der Waals surface area (Å²) >= 11 is 1.39. The number of nitrogens with zero attached hydrogens (tertiary/aromatic N) is 3. The molecule has 1 fully saturated rings. The Balaban J connectivity index is 1.75. The minimum Gasteiger partial charge on any atom is -0.343 e. The molecule has 1 N–H and O–H groups in total. The highest BCUT2D eigenvalue weighted by Crippen LogP contribution is 2.20. The van der Waals surface area contributed by atoms with Gasteiger partial charge in [-0.3, -0.25) is 14.4 Å². The van der Waals surface area contributed by atoms with E-state index in [9.17, 15) is 14.4 Å². The van der Waals surface area contributed by atoms with Gasteiger partial charge in [-0.15, -0.1) is 11.3 Å². The van der Waals surface area contributed by atoms with Gasteiger partial charge in [0.15, 0.2) is 5.13 Å². The summed E-state index contributed by atoms with van der Waals surface area (Å²) in [6.45, 7) is 6.83. The molecular formula is C20H32N4O3S. The zero-order valence-electron chi connectivity index (χ0n) is 17.0. The van der Waals surface area contributed by atoms with Gasteiger partial charge in [0.2, 0.25) is 17.7 Å². The van der Waals surface area contributed by atoms with Crippen molar-refractivity contribution in [3.8, 4) is 0 Å². The highest BCUT2D eigenvalue weighted by molar-refractivity contribution is 7.13. The molecule has 1 aliphatic heterocycles. The Labute approximate surface area is 171 Å². The second kappa shape index (κ2) is 11.8. The maximum atomic E-state index is 12.5. The first-order valence-corrected chi connectivity index (χ1v) is 11.2. The third-order valence-electron chi connectivity index (χ3n) is 4.93. The van der Waals surface area contributed by atoms with E-state index in [2.05, 4.69) is 24.1 Å². The van der Waals surface area contributed by atoms with E-state index < -0.39 is 0 Å². The number of aromatic nitrogens is 1. The normalized spacial score (nSPS) is 16.6. The lowest BCUT2D eigenvalue weighted by Crippen LogP contribution is -2.43. The molecule has 1 aromatic rings. The summed E-state index contributed by atoms with van der Waals surface area (Å²) in [6.07, 6.45) is 6.48. The number of rotatable bonds is 10. The summed E-state index contributed by atoms with van der Waals surface area (Å²) < 4.78 is 0. The molecule has 1 saturated heterocycles. The van der Waals surface area contributed by atoms with E-state index in [4.69, 9.17) is 0 Å². The molecule has 1 unspecified atom stereocenters. The van der Waals surface area contributed by atoms with Crippen molar-refractivity contribution in [2.24, 2.45) is 5.92 Å². The number of carbonyl (C=O) groups excluding carboxylic acids is 3. The molecule has 2 heterocycles. The molecule has 0 saturated carbocycles. The molecule has 0 bridgehead atoms. The lowest BCUT2D eigenvalue weighted by molar-refractivity contribution is -0.135. The van der Waals surface area contributed by atoms with Crippen LogP contribution in [0.2, 0.25) is 0 Å². The van der Waals surface area contributed by atoms with Crippen molar-refractivity contribution >= 4 is 34.2 Å². The first-order valence-electron chi connectivity index (χ1n) is 10.3. The summed E-state index contributed by atoms with van der Waals surface area (Å²) in [6, 6.07) is 0. The topological polar surface area (TPSA) is 82.6 Å².